The van der Waals surface area contributed by atoms with E-state index < -0.39 is 23.6 Å². The van der Waals surface area contributed by atoms with E-state index in [0.717, 1.165) is 25.2 Å². The lowest BCUT2D eigenvalue weighted by molar-refractivity contribution is 0.0831. The van der Waals surface area contributed by atoms with Gasteiger partial charge in [0.15, 0.2) is 0 Å². The molecule has 2 aromatic heterocycles. The summed E-state index contributed by atoms with van der Waals surface area (Å²) in [6.07, 6.45) is 5.07. The Morgan fingerprint density at radius 2 is 1.96 bits per heavy atom. The number of nitrogens with one attached hydrogen (secondary N) is 1. The van der Waals surface area contributed by atoms with E-state index in [9.17, 15) is 13.6 Å². The molecule has 1 fully saturated rings. The predicted octanol–water partition coefficient (Wildman–Crippen LogP) is 2.48. The Labute approximate surface area is 144 Å². The first-order valence-corrected chi connectivity index (χ1v) is 8.18. The lowest BCUT2D eigenvalue weighted by Gasteiger charge is -2.21. The van der Waals surface area contributed by atoms with Crippen molar-refractivity contribution in [1.82, 2.24) is 20.1 Å². The smallest absolute Gasteiger partial charge is 0.255 e. The number of aromatic nitrogens is 3. The van der Waals surface area contributed by atoms with Crippen LogP contribution in [0.5, 0.6) is 0 Å². The minimum atomic E-state index is -0.835. The standard InChI is InChI=1S/C17H20F2N4O2/c1-10(15-13(18)7-20-8-14(15)19)21-17(24)12-9-23(2)22-16(12)11-3-5-25-6-4-11/h7-11H,3-6H2,1-2H3,(H,21,24). The molecule has 0 bridgehead atoms. The SMILES string of the molecule is CC(NC(=O)c1cn(C)nc1C1CCOCC1)c1c(F)cncc1F. The van der Waals surface area contributed by atoms with Crippen LogP contribution in [0, 0.1) is 11.6 Å². The number of pyridine rings is 1. The first-order chi connectivity index (χ1) is 12.0. The highest BCUT2D eigenvalue weighted by Gasteiger charge is 2.27. The number of halogens is 2. The lowest BCUT2D eigenvalue weighted by Crippen LogP contribution is -2.29. The second kappa shape index (κ2) is 7.26. The van der Waals surface area contributed by atoms with Crippen LogP contribution in [0.4, 0.5) is 8.78 Å². The van der Waals surface area contributed by atoms with Crippen molar-refractivity contribution >= 4 is 5.91 Å². The molecule has 3 rings (SSSR count). The highest BCUT2D eigenvalue weighted by Crippen LogP contribution is 2.29. The largest absolute Gasteiger partial charge is 0.381 e. The third-order valence-corrected chi connectivity index (χ3v) is 4.38. The summed E-state index contributed by atoms with van der Waals surface area (Å²) in [6.45, 7) is 2.79. The molecule has 0 aliphatic carbocycles. The maximum Gasteiger partial charge on any atom is 0.255 e. The first kappa shape index (κ1) is 17.5. The highest BCUT2D eigenvalue weighted by atomic mass is 19.1. The van der Waals surface area contributed by atoms with E-state index in [0.29, 0.717) is 24.5 Å². The van der Waals surface area contributed by atoms with Gasteiger partial charge in [-0.15, -0.1) is 0 Å². The van der Waals surface area contributed by atoms with Gasteiger partial charge in [0.1, 0.15) is 11.6 Å². The van der Waals surface area contributed by atoms with E-state index in [2.05, 4.69) is 15.4 Å². The molecule has 6 nitrogen and oxygen atoms in total. The Morgan fingerprint density at radius 1 is 1.32 bits per heavy atom. The molecular formula is C17H20F2N4O2. The van der Waals surface area contributed by atoms with Crippen molar-refractivity contribution in [2.24, 2.45) is 7.05 Å². The van der Waals surface area contributed by atoms with Crippen LogP contribution in [-0.4, -0.2) is 33.9 Å². The van der Waals surface area contributed by atoms with Crippen LogP contribution in [0.2, 0.25) is 0 Å². The van der Waals surface area contributed by atoms with Crippen molar-refractivity contribution in [1.29, 1.82) is 0 Å². The van der Waals surface area contributed by atoms with Gasteiger partial charge in [-0.2, -0.15) is 5.10 Å². The number of nitrogens with zero attached hydrogens (tertiary/aromatic N) is 3. The van der Waals surface area contributed by atoms with E-state index >= 15 is 0 Å². The molecule has 2 aromatic rings. The average molecular weight is 350 g/mol. The molecule has 3 heterocycles. The zero-order valence-electron chi connectivity index (χ0n) is 14.1. The summed E-state index contributed by atoms with van der Waals surface area (Å²) in [6, 6.07) is -0.835. The maximum atomic E-state index is 13.8. The van der Waals surface area contributed by atoms with Crippen LogP contribution in [0.3, 0.4) is 0 Å². The first-order valence-electron chi connectivity index (χ1n) is 8.18. The van der Waals surface area contributed by atoms with Crippen molar-refractivity contribution in [3.8, 4) is 0 Å². The van der Waals surface area contributed by atoms with Gasteiger partial charge in [-0.1, -0.05) is 0 Å². The maximum absolute atomic E-state index is 13.8. The quantitative estimate of drug-likeness (QED) is 0.920. The molecule has 1 atom stereocenters. The van der Waals surface area contributed by atoms with Gasteiger partial charge in [0, 0.05) is 37.9 Å². The molecule has 0 saturated carbocycles. The van der Waals surface area contributed by atoms with Crippen molar-refractivity contribution in [3.63, 3.8) is 0 Å². The van der Waals surface area contributed by atoms with Crippen LogP contribution in [-0.2, 0) is 11.8 Å². The monoisotopic (exact) mass is 350 g/mol. The normalized spacial score (nSPS) is 16.6. The number of amides is 1. The Balaban J connectivity index is 1.81. The van der Waals surface area contributed by atoms with E-state index in [4.69, 9.17) is 4.74 Å². The number of hydrogen-bond donors (Lipinski definition) is 1. The number of rotatable bonds is 4. The van der Waals surface area contributed by atoms with Crippen molar-refractivity contribution < 1.29 is 18.3 Å². The van der Waals surface area contributed by atoms with Crippen LogP contribution < -0.4 is 5.32 Å². The third-order valence-electron chi connectivity index (χ3n) is 4.38. The van der Waals surface area contributed by atoms with Crippen LogP contribution in [0.25, 0.3) is 0 Å². The summed E-state index contributed by atoms with van der Waals surface area (Å²) in [5, 5.41) is 7.07. The summed E-state index contributed by atoms with van der Waals surface area (Å²) in [7, 11) is 1.74. The van der Waals surface area contributed by atoms with Crippen LogP contribution >= 0.6 is 0 Å². The average Bonchev–Trinajstić information content (AvgIpc) is 2.97. The zero-order chi connectivity index (χ0) is 18.0. The molecule has 8 heteroatoms. The van der Waals surface area contributed by atoms with E-state index in [1.54, 1.807) is 17.9 Å². The molecule has 0 radical (unpaired) electrons. The van der Waals surface area contributed by atoms with E-state index in [1.165, 1.54) is 6.92 Å². The number of carbonyl (C=O) groups is 1. The summed E-state index contributed by atoms with van der Waals surface area (Å²) < 4.78 is 34.6. The minimum absolute atomic E-state index is 0.139. The Bertz CT molecular complexity index is 752. The van der Waals surface area contributed by atoms with Gasteiger partial charge in [0.25, 0.3) is 5.91 Å². The second-order valence-corrected chi connectivity index (χ2v) is 6.20. The van der Waals surface area contributed by atoms with Crippen molar-refractivity contribution in [2.75, 3.05) is 13.2 Å². The topological polar surface area (TPSA) is 69.0 Å². The number of hydrogen-bond acceptors (Lipinski definition) is 4. The molecule has 0 spiro atoms. The third kappa shape index (κ3) is 3.68. The summed E-state index contributed by atoms with van der Waals surface area (Å²) >= 11 is 0. The molecule has 1 aliphatic rings. The number of ether oxygens (including phenoxy) is 1. The van der Waals surface area contributed by atoms with Gasteiger partial charge in [-0.25, -0.2) is 8.78 Å². The van der Waals surface area contributed by atoms with Gasteiger partial charge in [0.2, 0.25) is 0 Å². The fourth-order valence-electron chi connectivity index (χ4n) is 3.13. The Hall–Kier alpha value is -2.35. The molecule has 1 amide bonds. The molecule has 25 heavy (non-hydrogen) atoms. The Morgan fingerprint density at radius 3 is 2.60 bits per heavy atom. The molecular weight excluding hydrogens is 330 g/mol. The van der Waals surface area contributed by atoms with E-state index in [1.807, 2.05) is 0 Å². The van der Waals surface area contributed by atoms with Gasteiger partial charge >= 0.3 is 0 Å². The molecule has 1 unspecified atom stereocenters. The van der Waals surface area contributed by atoms with Crippen LogP contribution in [0.1, 0.15) is 53.3 Å². The minimum Gasteiger partial charge on any atom is -0.381 e. The van der Waals surface area contributed by atoms with Crippen molar-refractivity contribution in [3.05, 3.63) is 47.0 Å². The van der Waals surface area contributed by atoms with Crippen molar-refractivity contribution in [2.45, 2.75) is 31.7 Å². The summed E-state index contributed by atoms with van der Waals surface area (Å²) in [5.74, 6) is -1.84. The van der Waals surface area contributed by atoms with Gasteiger partial charge in [-0.3, -0.25) is 14.5 Å². The zero-order valence-corrected chi connectivity index (χ0v) is 14.1. The molecule has 1 aliphatic heterocycles. The predicted molar refractivity (Wildman–Crippen MR) is 86.0 cm³/mol. The fraction of sp³-hybridized carbons (Fsp3) is 0.471. The fourth-order valence-corrected chi connectivity index (χ4v) is 3.13. The van der Waals surface area contributed by atoms with Gasteiger partial charge < -0.3 is 10.1 Å². The molecule has 134 valence electrons. The molecule has 1 saturated heterocycles. The summed E-state index contributed by atoms with van der Waals surface area (Å²) in [4.78, 5) is 16.1. The molecule has 1 N–H and O–H groups in total. The second-order valence-electron chi connectivity index (χ2n) is 6.20. The Kier molecular flexibility index (Phi) is 5.08. The van der Waals surface area contributed by atoms with Crippen LogP contribution in [0.15, 0.2) is 18.6 Å². The lowest BCUT2D eigenvalue weighted by atomic mass is 9.93. The van der Waals surface area contributed by atoms with Gasteiger partial charge in [-0.05, 0) is 19.8 Å². The number of aryl methyl sites for hydroxylation is 1. The number of carbonyl (C=O) groups excluding carboxylic acids is 1. The highest BCUT2D eigenvalue weighted by molar-refractivity contribution is 5.95. The molecule has 0 aromatic carbocycles. The van der Waals surface area contributed by atoms with Gasteiger partial charge in [0.05, 0.1) is 29.7 Å². The van der Waals surface area contributed by atoms with E-state index in [-0.39, 0.29) is 11.5 Å². The summed E-state index contributed by atoms with van der Waals surface area (Å²) in [5.41, 5.74) is 0.919.